The lowest BCUT2D eigenvalue weighted by Gasteiger charge is -2.11. The molecular weight excluding hydrogens is 354 g/mol. The Morgan fingerprint density at radius 1 is 0.893 bits per heavy atom. The molecule has 0 saturated heterocycles. The molecule has 0 spiro atoms. The first kappa shape index (κ1) is 20.8. The summed E-state index contributed by atoms with van der Waals surface area (Å²) in [6.45, 7) is 5.01. The highest BCUT2D eigenvalue weighted by atomic mass is 16.6. The Bertz CT molecular complexity index is 900. The number of benzene rings is 2. The monoisotopic (exact) mass is 377 g/mol. The van der Waals surface area contributed by atoms with Crippen LogP contribution in [0.15, 0.2) is 60.7 Å². The number of nitrogens with zero attached hydrogens (tertiary/aromatic N) is 1. The normalized spacial score (nSPS) is 9.68. The average molecular weight is 377 g/mol. The van der Waals surface area contributed by atoms with E-state index in [0.29, 0.717) is 11.1 Å². The van der Waals surface area contributed by atoms with Crippen LogP contribution in [0.1, 0.15) is 28.4 Å². The van der Waals surface area contributed by atoms with E-state index in [2.05, 4.69) is 18.4 Å². The molecule has 144 valence electrons. The highest BCUT2D eigenvalue weighted by molar-refractivity contribution is 5.89. The molecule has 0 amide bonds. The zero-order chi connectivity index (χ0) is 20.5. The summed E-state index contributed by atoms with van der Waals surface area (Å²) in [7, 11) is 3.98. The predicted octanol–water partition coefficient (Wildman–Crippen LogP) is 3.43. The second-order valence-corrected chi connectivity index (χ2v) is 6.32. The van der Waals surface area contributed by atoms with Gasteiger partial charge in [-0.25, -0.2) is 9.59 Å². The Morgan fingerprint density at radius 3 is 1.89 bits per heavy atom. The molecule has 0 aliphatic heterocycles. The maximum Gasteiger partial charge on any atom is 0.338 e. The van der Waals surface area contributed by atoms with Crippen LogP contribution in [0.4, 0.5) is 5.69 Å². The Labute approximate surface area is 165 Å². The van der Waals surface area contributed by atoms with Crippen LogP contribution in [-0.2, 0) is 14.3 Å². The summed E-state index contributed by atoms with van der Waals surface area (Å²) >= 11 is 0. The fourth-order valence-corrected chi connectivity index (χ4v) is 2.15. The number of rotatable bonds is 6. The van der Waals surface area contributed by atoms with E-state index in [1.54, 1.807) is 31.2 Å². The quantitative estimate of drug-likeness (QED) is 0.334. The smallest absolute Gasteiger partial charge is 0.338 e. The van der Waals surface area contributed by atoms with Gasteiger partial charge in [-0.2, -0.15) is 0 Å². The molecule has 0 atom stereocenters. The van der Waals surface area contributed by atoms with Gasteiger partial charge in [-0.1, -0.05) is 18.4 Å². The summed E-state index contributed by atoms with van der Waals surface area (Å²) in [5.74, 6) is 5.18. The maximum absolute atomic E-state index is 12.0. The summed E-state index contributed by atoms with van der Waals surface area (Å²) in [6, 6.07) is 14.8. The van der Waals surface area contributed by atoms with Crippen LogP contribution in [0.3, 0.4) is 0 Å². The third kappa shape index (κ3) is 6.33. The number of carbonyl (C=O) groups excluding carboxylic acids is 2. The van der Waals surface area contributed by atoms with Crippen molar-refractivity contribution in [3.05, 3.63) is 77.4 Å². The van der Waals surface area contributed by atoms with Crippen molar-refractivity contribution >= 4 is 17.6 Å². The Kier molecular flexibility index (Phi) is 7.41. The maximum atomic E-state index is 12.0. The summed E-state index contributed by atoms with van der Waals surface area (Å²) < 4.78 is 9.94. The number of ether oxygens (including phenoxy) is 2. The van der Waals surface area contributed by atoms with Crippen molar-refractivity contribution in [2.45, 2.75) is 6.92 Å². The number of esters is 2. The standard InChI is InChI=1S/C23H23NO4/c1-17(2)22(25)27-15-16-28-23(26)20-11-7-18(8-12-20)5-6-19-9-13-21(14-10-19)24(3)4/h7-14H,1,15-16H2,2-4H3. The van der Waals surface area contributed by atoms with Crippen molar-refractivity contribution in [1.29, 1.82) is 0 Å². The van der Waals surface area contributed by atoms with Crippen molar-refractivity contribution < 1.29 is 19.1 Å². The molecule has 0 aliphatic carbocycles. The van der Waals surface area contributed by atoms with Gasteiger partial charge < -0.3 is 14.4 Å². The van der Waals surface area contributed by atoms with Crippen molar-refractivity contribution in [3.63, 3.8) is 0 Å². The third-order valence-electron chi connectivity index (χ3n) is 3.75. The van der Waals surface area contributed by atoms with Crippen LogP contribution in [0.2, 0.25) is 0 Å². The molecule has 0 N–H and O–H groups in total. The first-order valence-corrected chi connectivity index (χ1v) is 8.76. The molecule has 0 bridgehead atoms. The van der Waals surface area contributed by atoms with Crippen molar-refractivity contribution in [2.75, 3.05) is 32.2 Å². The SMILES string of the molecule is C=C(C)C(=O)OCCOC(=O)c1ccc(C#Cc2ccc(N(C)C)cc2)cc1. The van der Waals surface area contributed by atoms with E-state index >= 15 is 0 Å². The van der Waals surface area contributed by atoms with Gasteiger partial charge in [0.15, 0.2) is 0 Å². The molecule has 2 aromatic carbocycles. The van der Waals surface area contributed by atoms with Gasteiger partial charge in [-0.15, -0.1) is 0 Å². The minimum Gasteiger partial charge on any atom is -0.459 e. The van der Waals surface area contributed by atoms with E-state index in [0.717, 1.165) is 16.8 Å². The summed E-state index contributed by atoms with van der Waals surface area (Å²) in [4.78, 5) is 25.2. The molecule has 2 aromatic rings. The van der Waals surface area contributed by atoms with E-state index in [9.17, 15) is 9.59 Å². The number of carbonyl (C=O) groups is 2. The molecule has 5 heteroatoms. The van der Waals surface area contributed by atoms with Crippen LogP contribution >= 0.6 is 0 Å². The molecular formula is C23H23NO4. The topological polar surface area (TPSA) is 55.8 Å². The van der Waals surface area contributed by atoms with Gasteiger partial charge in [-0.3, -0.25) is 0 Å². The lowest BCUT2D eigenvalue weighted by molar-refractivity contribution is -0.140. The van der Waals surface area contributed by atoms with Crippen LogP contribution in [0.25, 0.3) is 0 Å². The van der Waals surface area contributed by atoms with E-state index in [1.165, 1.54) is 0 Å². The number of hydrogen-bond acceptors (Lipinski definition) is 5. The first-order chi connectivity index (χ1) is 13.4. The zero-order valence-electron chi connectivity index (χ0n) is 16.3. The van der Waals surface area contributed by atoms with E-state index < -0.39 is 11.9 Å². The average Bonchev–Trinajstić information content (AvgIpc) is 2.69. The van der Waals surface area contributed by atoms with Gasteiger partial charge in [-0.05, 0) is 55.5 Å². The highest BCUT2D eigenvalue weighted by Gasteiger charge is 2.08. The van der Waals surface area contributed by atoms with Crippen LogP contribution in [0.5, 0.6) is 0 Å². The van der Waals surface area contributed by atoms with Gasteiger partial charge in [0.1, 0.15) is 13.2 Å². The van der Waals surface area contributed by atoms with Gasteiger partial charge in [0, 0.05) is 36.5 Å². The van der Waals surface area contributed by atoms with Gasteiger partial charge in [0.2, 0.25) is 0 Å². The molecule has 0 saturated carbocycles. The van der Waals surface area contributed by atoms with E-state index in [4.69, 9.17) is 9.47 Å². The molecule has 2 rings (SSSR count). The highest BCUT2D eigenvalue weighted by Crippen LogP contribution is 2.12. The fourth-order valence-electron chi connectivity index (χ4n) is 2.15. The molecule has 0 fully saturated rings. The van der Waals surface area contributed by atoms with Gasteiger partial charge >= 0.3 is 11.9 Å². The Balaban J connectivity index is 1.88. The minimum atomic E-state index is -0.504. The van der Waals surface area contributed by atoms with Crippen molar-refractivity contribution in [3.8, 4) is 11.8 Å². The first-order valence-electron chi connectivity index (χ1n) is 8.76. The molecule has 0 unspecified atom stereocenters. The largest absolute Gasteiger partial charge is 0.459 e. The van der Waals surface area contributed by atoms with Crippen molar-refractivity contribution in [1.82, 2.24) is 0 Å². The van der Waals surface area contributed by atoms with Crippen LogP contribution in [-0.4, -0.2) is 39.2 Å². The molecule has 0 heterocycles. The van der Waals surface area contributed by atoms with Gasteiger partial charge in [0.05, 0.1) is 5.56 Å². The van der Waals surface area contributed by atoms with Crippen LogP contribution < -0.4 is 4.90 Å². The number of hydrogen-bond donors (Lipinski definition) is 0. The van der Waals surface area contributed by atoms with Gasteiger partial charge in [0.25, 0.3) is 0 Å². The molecule has 28 heavy (non-hydrogen) atoms. The molecule has 0 radical (unpaired) electrons. The molecule has 0 aromatic heterocycles. The lowest BCUT2D eigenvalue weighted by atomic mass is 10.1. The lowest BCUT2D eigenvalue weighted by Crippen LogP contribution is -2.14. The number of anilines is 1. The Morgan fingerprint density at radius 2 is 1.39 bits per heavy atom. The zero-order valence-corrected chi connectivity index (χ0v) is 16.3. The second-order valence-electron chi connectivity index (χ2n) is 6.32. The third-order valence-corrected chi connectivity index (χ3v) is 3.75. The van der Waals surface area contributed by atoms with Crippen LogP contribution in [0, 0.1) is 11.8 Å². The molecule has 0 aliphatic rings. The summed E-state index contributed by atoms with van der Waals surface area (Å²) in [5, 5.41) is 0. The Hall–Kier alpha value is -3.52. The van der Waals surface area contributed by atoms with Crippen molar-refractivity contribution in [2.24, 2.45) is 0 Å². The van der Waals surface area contributed by atoms with E-state index in [-0.39, 0.29) is 13.2 Å². The fraction of sp³-hybridized carbons (Fsp3) is 0.217. The second kappa shape index (κ2) is 9.98. The van der Waals surface area contributed by atoms with E-state index in [1.807, 2.05) is 43.3 Å². The summed E-state index contributed by atoms with van der Waals surface area (Å²) in [6.07, 6.45) is 0. The summed E-state index contributed by atoms with van der Waals surface area (Å²) in [5.41, 5.74) is 3.54. The molecule has 5 nitrogen and oxygen atoms in total. The predicted molar refractivity (Wildman–Crippen MR) is 109 cm³/mol. The minimum absolute atomic E-state index is 0.00634.